The number of benzene rings is 1. The number of halogens is 2. The minimum absolute atomic E-state index is 0.305. The zero-order chi connectivity index (χ0) is 17.3. The molecule has 1 aromatic carbocycles. The molecule has 2 heterocycles. The lowest BCUT2D eigenvalue weighted by molar-refractivity contribution is 0.507. The molecule has 0 atom stereocenters. The number of fused-ring (bicyclic) bond motifs is 1. The predicted molar refractivity (Wildman–Crippen MR) is 87.8 cm³/mol. The van der Waals surface area contributed by atoms with E-state index in [4.69, 9.17) is 5.73 Å². The molecule has 0 aliphatic heterocycles. The maximum absolute atomic E-state index is 13.2. The van der Waals surface area contributed by atoms with Crippen molar-refractivity contribution in [2.45, 2.75) is 20.0 Å². The average Bonchev–Trinajstić information content (AvgIpc) is 2.94. The molecule has 7 heteroatoms. The number of hydrogen-bond acceptors (Lipinski definition) is 4. The number of hydrogen-bond donors (Lipinski definition) is 2. The van der Waals surface area contributed by atoms with Gasteiger partial charge in [0.05, 0.1) is 22.8 Å². The molecule has 0 aliphatic rings. The summed E-state index contributed by atoms with van der Waals surface area (Å²) >= 11 is 0. The Kier molecular flexibility index (Phi) is 4.26. The lowest BCUT2D eigenvalue weighted by Crippen LogP contribution is -2.14. The average molecular weight is 329 g/mol. The van der Waals surface area contributed by atoms with Gasteiger partial charge < -0.3 is 11.1 Å². The summed E-state index contributed by atoms with van der Waals surface area (Å²) in [4.78, 5) is 4.50. The summed E-state index contributed by atoms with van der Waals surface area (Å²) in [7, 11) is 0. The lowest BCUT2D eigenvalue weighted by atomic mass is 10.2. The monoisotopic (exact) mass is 329 g/mol. The van der Waals surface area contributed by atoms with Gasteiger partial charge >= 0.3 is 0 Å². The van der Waals surface area contributed by atoms with Crippen LogP contribution in [0.1, 0.15) is 22.6 Å². The molecule has 0 amide bonds. The highest BCUT2D eigenvalue weighted by Gasteiger charge is 2.10. The molecule has 3 aromatic rings. The zero-order valence-electron chi connectivity index (χ0n) is 13.2. The number of aryl methyl sites for hydroxylation is 1. The summed E-state index contributed by atoms with van der Waals surface area (Å²) in [6.45, 7) is 6.45. The normalized spacial score (nSPS) is 11.0. The van der Waals surface area contributed by atoms with Gasteiger partial charge in [-0.2, -0.15) is 5.10 Å². The molecule has 0 aliphatic carbocycles. The first kappa shape index (κ1) is 16.1. The largest absolute Gasteiger partial charge is 0.380 e. The van der Waals surface area contributed by atoms with E-state index >= 15 is 0 Å². The highest BCUT2D eigenvalue weighted by Crippen LogP contribution is 2.15. The van der Waals surface area contributed by atoms with Crippen LogP contribution in [0, 0.1) is 18.6 Å². The summed E-state index contributed by atoms with van der Waals surface area (Å²) in [5.41, 5.74) is 9.91. The first-order chi connectivity index (χ1) is 11.5. The van der Waals surface area contributed by atoms with E-state index in [-0.39, 0.29) is 0 Å². The Morgan fingerprint density at radius 3 is 2.75 bits per heavy atom. The summed E-state index contributed by atoms with van der Waals surface area (Å²) in [5.74, 6) is -1.74. The zero-order valence-corrected chi connectivity index (χ0v) is 13.2. The molecule has 0 saturated carbocycles. The maximum atomic E-state index is 13.2. The highest BCUT2D eigenvalue weighted by atomic mass is 19.2. The standard InChI is InChI=1S/C17H17F2N5/c1-10-5-17-22-16(7-13(8-20)24(17)23-10)11(2)21-9-12-3-4-14(18)15(19)6-12/h3-7,21H,2,8-9,20H2,1H3. The van der Waals surface area contributed by atoms with E-state index in [0.717, 1.165) is 23.5 Å². The fourth-order valence-corrected chi connectivity index (χ4v) is 2.40. The molecule has 3 rings (SSSR count). The van der Waals surface area contributed by atoms with Crippen molar-refractivity contribution in [3.63, 3.8) is 0 Å². The van der Waals surface area contributed by atoms with E-state index in [1.54, 1.807) is 10.6 Å². The second-order valence-corrected chi connectivity index (χ2v) is 5.47. The number of nitrogens with zero attached hydrogens (tertiary/aromatic N) is 3. The summed E-state index contributed by atoms with van der Waals surface area (Å²) < 4.78 is 27.9. The molecular weight excluding hydrogens is 312 g/mol. The van der Waals surface area contributed by atoms with Crippen LogP contribution < -0.4 is 11.1 Å². The van der Waals surface area contributed by atoms with Crippen molar-refractivity contribution in [3.8, 4) is 0 Å². The van der Waals surface area contributed by atoms with Gasteiger partial charge in [0.1, 0.15) is 0 Å². The van der Waals surface area contributed by atoms with Crippen molar-refractivity contribution in [1.29, 1.82) is 0 Å². The van der Waals surface area contributed by atoms with Crippen LogP contribution in [0.5, 0.6) is 0 Å². The smallest absolute Gasteiger partial charge is 0.159 e. The Morgan fingerprint density at radius 2 is 2.04 bits per heavy atom. The molecule has 0 spiro atoms. The van der Waals surface area contributed by atoms with Crippen molar-refractivity contribution in [1.82, 2.24) is 19.9 Å². The lowest BCUT2D eigenvalue weighted by Gasteiger charge is -2.11. The summed E-state index contributed by atoms with van der Waals surface area (Å²) in [6, 6.07) is 7.42. The van der Waals surface area contributed by atoms with Crippen molar-refractivity contribution in [2.75, 3.05) is 0 Å². The van der Waals surface area contributed by atoms with Crippen molar-refractivity contribution in [3.05, 3.63) is 71.2 Å². The van der Waals surface area contributed by atoms with Gasteiger partial charge in [0, 0.05) is 19.2 Å². The molecule has 0 bridgehead atoms. The molecule has 3 N–H and O–H groups in total. The summed E-state index contributed by atoms with van der Waals surface area (Å²) in [6.07, 6.45) is 0. The molecule has 24 heavy (non-hydrogen) atoms. The van der Waals surface area contributed by atoms with Gasteiger partial charge in [0.2, 0.25) is 0 Å². The van der Waals surface area contributed by atoms with E-state index < -0.39 is 11.6 Å². The number of rotatable bonds is 5. The Balaban J connectivity index is 1.81. The van der Waals surface area contributed by atoms with Crippen molar-refractivity contribution >= 4 is 11.3 Å². The second-order valence-electron chi connectivity index (χ2n) is 5.47. The fraction of sp³-hybridized carbons (Fsp3) is 0.176. The van der Waals surface area contributed by atoms with E-state index in [2.05, 4.69) is 22.0 Å². The van der Waals surface area contributed by atoms with Crippen LogP contribution in [0.2, 0.25) is 0 Å². The number of aromatic nitrogens is 3. The maximum Gasteiger partial charge on any atom is 0.159 e. The van der Waals surface area contributed by atoms with Crippen molar-refractivity contribution < 1.29 is 8.78 Å². The Hall–Kier alpha value is -2.80. The number of nitrogens with one attached hydrogen (secondary N) is 1. The molecule has 2 aromatic heterocycles. The van der Waals surface area contributed by atoms with Gasteiger partial charge in [0.25, 0.3) is 0 Å². The molecule has 0 radical (unpaired) electrons. The third-order valence-corrected chi connectivity index (χ3v) is 3.63. The van der Waals surface area contributed by atoms with Crippen molar-refractivity contribution in [2.24, 2.45) is 5.73 Å². The molecular formula is C17H17F2N5. The molecule has 0 saturated heterocycles. The third-order valence-electron chi connectivity index (χ3n) is 3.63. The van der Waals surface area contributed by atoms with Crippen LogP contribution in [0.3, 0.4) is 0 Å². The van der Waals surface area contributed by atoms with E-state index in [1.165, 1.54) is 6.07 Å². The Bertz CT molecular complexity index is 917. The first-order valence-corrected chi connectivity index (χ1v) is 7.41. The van der Waals surface area contributed by atoms with Crippen LogP contribution in [-0.2, 0) is 13.1 Å². The van der Waals surface area contributed by atoms with E-state index in [9.17, 15) is 8.78 Å². The topological polar surface area (TPSA) is 68.2 Å². The van der Waals surface area contributed by atoms with E-state index in [0.29, 0.717) is 35.7 Å². The van der Waals surface area contributed by atoms with Gasteiger partial charge in [-0.3, -0.25) is 0 Å². The molecule has 5 nitrogen and oxygen atoms in total. The van der Waals surface area contributed by atoms with Crippen LogP contribution in [-0.4, -0.2) is 14.6 Å². The third kappa shape index (κ3) is 3.11. The Morgan fingerprint density at radius 1 is 1.25 bits per heavy atom. The molecule has 0 unspecified atom stereocenters. The second kappa shape index (κ2) is 6.37. The predicted octanol–water partition coefficient (Wildman–Crippen LogP) is 2.54. The van der Waals surface area contributed by atoms with Gasteiger partial charge in [-0.15, -0.1) is 0 Å². The van der Waals surface area contributed by atoms with Gasteiger partial charge in [-0.25, -0.2) is 18.3 Å². The SMILES string of the molecule is C=C(NCc1ccc(F)c(F)c1)c1cc(CN)n2nc(C)cc2n1. The van der Waals surface area contributed by atoms with Crippen LogP contribution in [0.4, 0.5) is 8.78 Å². The minimum Gasteiger partial charge on any atom is -0.380 e. The van der Waals surface area contributed by atoms with Gasteiger partial charge in [-0.1, -0.05) is 12.6 Å². The van der Waals surface area contributed by atoms with Crippen LogP contribution in [0.15, 0.2) is 36.9 Å². The molecule has 0 fully saturated rings. The van der Waals surface area contributed by atoms with Crippen LogP contribution in [0.25, 0.3) is 11.3 Å². The van der Waals surface area contributed by atoms with E-state index in [1.807, 2.05) is 13.0 Å². The van der Waals surface area contributed by atoms with Gasteiger partial charge in [-0.05, 0) is 30.7 Å². The summed E-state index contributed by atoms with van der Waals surface area (Å²) in [5, 5.41) is 7.41. The fourth-order valence-electron chi connectivity index (χ4n) is 2.40. The van der Waals surface area contributed by atoms with Gasteiger partial charge in [0.15, 0.2) is 17.3 Å². The van der Waals surface area contributed by atoms with Crippen LogP contribution >= 0.6 is 0 Å². The number of nitrogens with two attached hydrogens (primary N) is 1. The first-order valence-electron chi connectivity index (χ1n) is 7.41. The quantitative estimate of drug-likeness (QED) is 0.755. The Labute approximate surface area is 137 Å². The minimum atomic E-state index is -0.875. The highest BCUT2D eigenvalue weighted by molar-refractivity contribution is 5.61. The molecule has 124 valence electrons.